The fourth-order valence-electron chi connectivity index (χ4n) is 4.42. The van der Waals surface area contributed by atoms with E-state index in [0.29, 0.717) is 24.7 Å². The maximum atomic E-state index is 13.2. The van der Waals surface area contributed by atoms with Crippen LogP contribution < -0.4 is 20.3 Å². The maximum absolute atomic E-state index is 13.2. The van der Waals surface area contributed by atoms with Crippen molar-refractivity contribution in [3.63, 3.8) is 0 Å². The number of methoxy groups -OCH3 is 1. The Labute approximate surface area is 213 Å². The molecule has 2 aliphatic heterocycles. The van der Waals surface area contributed by atoms with E-state index in [1.54, 1.807) is 40.6 Å². The largest absolute Gasteiger partial charge is 0.497 e. The van der Waals surface area contributed by atoms with Gasteiger partial charge in [0.05, 0.1) is 18.7 Å². The monoisotopic (exact) mass is 505 g/mol. The van der Waals surface area contributed by atoms with Crippen LogP contribution in [0, 0.1) is 5.92 Å². The third kappa shape index (κ3) is 5.08. The van der Waals surface area contributed by atoms with E-state index in [4.69, 9.17) is 4.74 Å². The molecule has 0 radical (unpaired) electrons. The number of rotatable bonds is 8. The molecule has 1 aromatic heterocycles. The van der Waals surface area contributed by atoms with E-state index in [-0.39, 0.29) is 30.7 Å². The average Bonchev–Trinajstić information content (AvgIpc) is 3.60. The summed E-state index contributed by atoms with van der Waals surface area (Å²) in [7, 11) is 1.59. The van der Waals surface area contributed by atoms with Gasteiger partial charge in [0.15, 0.2) is 0 Å². The maximum Gasteiger partial charge on any atom is 0.242 e. The van der Waals surface area contributed by atoms with E-state index in [1.165, 1.54) is 0 Å². The molecule has 36 heavy (non-hydrogen) atoms. The number of anilines is 2. The van der Waals surface area contributed by atoms with E-state index in [0.717, 1.165) is 34.0 Å². The predicted octanol–water partition coefficient (Wildman–Crippen LogP) is 2.95. The molecule has 0 bridgehead atoms. The SMILES string of the molecule is COc1ccc(N2CC(C(=O)Nc3c4c(nn3CC(=O)NCc3ccccc3)CSC4)CC2=O)cc1. The van der Waals surface area contributed by atoms with Gasteiger partial charge in [0, 0.05) is 42.3 Å². The average molecular weight is 506 g/mol. The van der Waals surface area contributed by atoms with Gasteiger partial charge in [0.1, 0.15) is 18.1 Å². The fourth-order valence-corrected chi connectivity index (χ4v) is 5.46. The number of aromatic nitrogens is 2. The second-order valence-corrected chi connectivity index (χ2v) is 9.76. The molecule has 9 nitrogen and oxygen atoms in total. The Morgan fingerprint density at radius 3 is 2.64 bits per heavy atom. The molecule has 3 heterocycles. The Morgan fingerprint density at radius 2 is 1.89 bits per heavy atom. The molecule has 186 valence electrons. The first-order chi connectivity index (χ1) is 17.5. The van der Waals surface area contributed by atoms with Gasteiger partial charge in [-0.15, -0.1) is 0 Å². The van der Waals surface area contributed by atoms with Crippen molar-refractivity contribution in [1.29, 1.82) is 0 Å². The molecule has 2 aromatic carbocycles. The van der Waals surface area contributed by atoms with Gasteiger partial charge in [-0.05, 0) is 29.8 Å². The Balaban J connectivity index is 1.26. The standard InChI is InChI=1S/C26H27N5O4S/c1-35-20-9-7-19(8-10-20)30-13-18(11-24(30)33)26(34)28-25-21-15-36-16-22(21)29-31(25)14-23(32)27-12-17-5-3-2-4-6-17/h2-10,18H,11-16H2,1H3,(H,27,32)(H,28,34). The van der Waals surface area contributed by atoms with Gasteiger partial charge in [0.25, 0.3) is 0 Å². The number of carbonyl (C=O) groups is 3. The highest BCUT2D eigenvalue weighted by atomic mass is 32.2. The van der Waals surface area contributed by atoms with Crippen LogP contribution in [0.3, 0.4) is 0 Å². The summed E-state index contributed by atoms with van der Waals surface area (Å²) >= 11 is 1.72. The van der Waals surface area contributed by atoms with Crippen LogP contribution >= 0.6 is 11.8 Å². The second-order valence-electron chi connectivity index (χ2n) is 8.78. The van der Waals surface area contributed by atoms with Crippen LogP contribution in [0.2, 0.25) is 0 Å². The van der Waals surface area contributed by atoms with E-state index in [9.17, 15) is 14.4 Å². The first kappa shape index (κ1) is 23.9. The molecule has 0 spiro atoms. The summed E-state index contributed by atoms with van der Waals surface area (Å²) in [5.74, 6) is 1.67. The van der Waals surface area contributed by atoms with Gasteiger partial charge in [-0.25, -0.2) is 4.68 Å². The summed E-state index contributed by atoms with van der Waals surface area (Å²) in [5.41, 5.74) is 3.56. The minimum atomic E-state index is -0.500. The van der Waals surface area contributed by atoms with Crippen molar-refractivity contribution in [2.75, 3.05) is 23.9 Å². The number of fused-ring (bicyclic) bond motifs is 1. The summed E-state index contributed by atoms with van der Waals surface area (Å²) in [4.78, 5) is 40.2. The third-order valence-electron chi connectivity index (χ3n) is 6.37. The van der Waals surface area contributed by atoms with Crippen LogP contribution in [0.5, 0.6) is 5.75 Å². The third-order valence-corrected chi connectivity index (χ3v) is 7.34. The zero-order valence-electron chi connectivity index (χ0n) is 19.9. The van der Waals surface area contributed by atoms with Crippen LogP contribution in [-0.2, 0) is 39.0 Å². The summed E-state index contributed by atoms with van der Waals surface area (Å²) in [6.45, 7) is 0.713. The lowest BCUT2D eigenvalue weighted by Gasteiger charge is -2.17. The first-order valence-corrected chi connectivity index (χ1v) is 12.9. The minimum absolute atomic E-state index is 0.00167. The number of carbonyl (C=O) groups excluding carboxylic acids is 3. The molecular formula is C26H27N5O4S. The van der Waals surface area contributed by atoms with Crippen molar-refractivity contribution in [3.8, 4) is 5.75 Å². The van der Waals surface area contributed by atoms with Crippen LogP contribution in [-0.4, -0.2) is 41.2 Å². The van der Waals surface area contributed by atoms with Crippen molar-refractivity contribution in [3.05, 3.63) is 71.4 Å². The van der Waals surface area contributed by atoms with Gasteiger partial charge in [-0.3, -0.25) is 14.4 Å². The molecule has 5 rings (SSSR count). The van der Waals surface area contributed by atoms with E-state index in [2.05, 4.69) is 15.7 Å². The molecule has 0 aliphatic carbocycles. The number of nitrogens with zero attached hydrogens (tertiary/aromatic N) is 3. The van der Waals surface area contributed by atoms with Crippen LogP contribution in [0.25, 0.3) is 0 Å². The highest BCUT2D eigenvalue weighted by Crippen LogP contribution is 2.35. The number of hydrogen-bond acceptors (Lipinski definition) is 6. The smallest absolute Gasteiger partial charge is 0.242 e. The van der Waals surface area contributed by atoms with Crippen molar-refractivity contribution in [2.45, 2.75) is 31.0 Å². The van der Waals surface area contributed by atoms with Crippen molar-refractivity contribution in [1.82, 2.24) is 15.1 Å². The molecule has 1 saturated heterocycles. The van der Waals surface area contributed by atoms with Gasteiger partial charge in [-0.2, -0.15) is 16.9 Å². The first-order valence-electron chi connectivity index (χ1n) is 11.7. The molecular weight excluding hydrogens is 478 g/mol. The van der Waals surface area contributed by atoms with Gasteiger partial charge >= 0.3 is 0 Å². The number of benzene rings is 2. The number of nitrogens with one attached hydrogen (secondary N) is 2. The minimum Gasteiger partial charge on any atom is -0.497 e. The fraction of sp³-hybridized carbons (Fsp3) is 0.308. The lowest BCUT2D eigenvalue weighted by atomic mass is 10.1. The van der Waals surface area contributed by atoms with E-state index in [1.807, 2.05) is 42.5 Å². The molecule has 10 heteroatoms. The highest BCUT2D eigenvalue weighted by Gasteiger charge is 2.36. The van der Waals surface area contributed by atoms with Gasteiger partial charge < -0.3 is 20.3 Å². The van der Waals surface area contributed by atoms with E-state index >= 15 is 0 Å². The predicted molar refractivity (Wildman–Crippen MR) is 138 cm³/mol. The lowest BCUT2D eigenvalue weighted by molar-refractivity contribution is -0.122. The Bertz CT molecular complexity index is 1280. The second kappa shape index (κ2) is 10.4. The number of hydrogen-bond donors (Lipinski definition) is 2. The molecule has 2 aliphatic rings. The normalized spacial score (nSPS) is 16.6. The summed E-state index contributed by atoms with van der Waals surface area (Å²) < 4.78 is 6.75. The zero-order chi connectivity index (χ0) is 25.1. The van der Waals surface area contributed by atoms with Crippen molar-refractivity contribution >= 4 is 41.0 Å². The highest BCUT2D eigenvalue weighted by molar-refractivity contribution is 7.98. The zero-order valence-corrected chi connectivity index (χ0v) is 20.7. The number of thioether (sulfide) groups is 1. The molecule has 2 N–H and O–H groups in total. The van der Waals surface area contributed by atoms with Crippen LogP contribution in [0.1, 0.15) is 23.2 Å². The Kier molecular flexibility index (Phi) is 6.95. The molecule has 3 amide bonds. The molecule has 3 aromatic rings. The molecule has 1 unspecified atom stereocenters. The van der Waals surface area contributed by atoms with Crippen LogP contribution in [0.15, 0.2) is 54.6 Å². The molecule has 0 saturated carbocycles. The van der Waals surface area contributed by atoms with Crippen molar-refractivity contribution in [2.24, 2.45) is 5.92 Å². The number of amides is 3. The van der Waals surface area contributed by atoms with E-state index < -0.39 is 5.92 Å². The summed E-state index contributed by atoms with van der Waals surface area (Å²) in [6.07, 6.45) is 0.125. The quantitative estimate of drug-likeness (QED) is 0.488. The van der Waals surface area contributed by atoms with Crippen LogP contribution in [0.4, 0.5) is 11.5 Å². The summed E-state index contributed by atoms with van der Waals surface area (Å²) in [5, 5.41) is 10.5. The summed E-state index contributed by atoms with van der Waals surface area (Å²) in [6, 6.07) is 16.9. The number of ether oxygens (including phenoxy) is 1. The topological polar surface area (TPSA) is 106 Å². The van der Waals surface area contributed by atoms with Gasteiger partial charge in [-0.1, -0.05) is 30.3 Å². The Hall–Kier alpha value is -3.79. The molecule has 1 atom stereocenters. The van der Waals surface area contributed by atoms with Crippen molar-refractivity contribution < 1.29 is 19.1 Å². The van der Waals surface area contributed by atoms with Gasteiger partial charge in [0.2, 0.25) is 17.7 Å². The lowest BCUT2D eigenvalue weighted by Crippen LogP contribution is -2.31. The molecule has 1 fully saturated rings. The Morgan fingerprint density at radius 1 is 1.11 bits per heavy atom.